The number of aromatic amines is 1. The summed E-state index contributed by atoms with van der Waals surface area (Å²) in [6.45, 7) is 0.369. The van der Waals surface area contributed by atoms with Crippen molar-refractivity contribution in [2.45, 2.75) is 11.3 Å². The number of hydrogen-bond acceptors (Lipinski definition) is 5. The molecule has 0 saturated heterocycles. The summed E-state index contributed by atoms with van der Waals surface area (Å²) in [7, 11) is -3.71. The number of primary sulfonamides is 1. The minimum atomic E-state index is -3.71. The average Bonchev–Trinajstić information content (AvgIpc) is 2.93. The molecule has 0 aliphatic heterocycles. The Labute approximate surface area is 142 Å². The number of carbonyl (C=O) groups is 1. The topological polar surface area (TPSA) is 135 Å². The number of oxazole rings is 1. The van der Waals surface area contributed by atoms with E-state index in [2.05, 4.69) is 10.3 Å². The highest BCUT2D eigenvalue weighted by molar-refractivity contribution is 7.89. The van der Waals surface area contributed by atoms with Gasteiger partial charge in [0.2, 0.25) is 10.0 Å². The Morgan fingerprint density at radius 3 is 2.56 bits per heavy atom. The predicted octanol–water partition coefficient (Wildman–Crippen LogP) is 0.741. The van der Waals surface area contributed by atoms with E-state index in [-0.39, 0.29) is 10.8 Å². The molecule has 25 heavy (non-hydrogen) atoms. The van der Waals surface area contributed by atoms with Crippen molar-refractivity contribution >= 4 is 27.0 Å². The Morgan fingerprint density at radius 1 is 1.16 bits per heavy atom. The summed E-state index contributed by atoms with van der Waals surface area (Å²) in [5.41, 5.74) is 2.10. The van der Waals surface area contributed by atoms with Gasteiger partial charge in [0.05, 0.1) is 10.4 Å². The molecule has 3 aromatic rings. The lowest BCUT2D eigenvalue weighted by Gasteiger charge is -2.06. The number of hydrogen-bond donors (Lipinski definition) is 3. The third kappa shape index (κ3) is 3.95. The van der Waals surface area contributed by atoms with Crippen LogP contribution in [0.4, 0.5) is 0 Å². The van der Waals surface area contributed by atoms with Crippen LogP contribution in [0.2, 0.25) is 0 Å². The minimum Gasteiger partial charge on any atom is -0.408 e. The Kier molecular flexibility index (Phi) is 4.43. The standard InChI is InChI=1S/C16H15N3O5S/c17-25(22,23)12-4-1-10(2-5-12)7-8-18-15(20)11-3-6-14-13(9-11)19-16(21)24-14/h1-6,9H,7-8H2,(H,18,20)(H,19,21)(H2,17,22,23). The molecule has 0 spiro atoms. The van der Waals surface area contributed by atoms with Crippen LogP contribution >= 0.6 is 0 Å². The molecule has 1 heterocycles. The first-order valence-electron chi connectivity index (χ1n) is 7.36. The van der Waals surface area contributed by atoms with Crippen LogP contribution in [0.1, 0.15) is 15.9 Å². The Bertz CT molecular complexity index is 1080. The SMILES string of the molecule is NS(=O)(=O)c1ccc(CCNC(=O)c2ccc3oc(=O)[nH]c3c2)cc1. The number of fused-ring (bicyclic) bond motifs is 1. The van der Waals surface area contributed by atoms with Crippen molar-refractivity contribution in [2.24, 2.45) is 5.14 Å². The normalized spacial score (nSPS) is 11.6. The summed E-state index contributed by atoms with van der Waals surface area (Å²) in [4.78, 5) is 25.8. The molecule has 1 amide bonds. The Morgan fingerprint density at radius 2 is 1.88 bits per heavy atom. The second-order valence-electron chi connectivity index (χ2n) is 5.42. The van der Waals surface area contributed by atoms with Crippen molar-refractivity contribution < 1.29 is 17.6 Å². The molecule has 130 valence electrons. The van der Waals surface area contributed by atoms with Gasteiger partial charge in [0, 0.05) is 12.1 Å². The van der Waals surface area contributed by atoms with Crippen LogP contribution in [0.5, 0.6) is 0 Å². The molecule has 0 atom stereocenters. The van der Waals surface area contributed by atoms with E-state index < -0.39 is 15.8 Å². The molecule has 3 rings (SSSR count). The first-order chi connectivity index (χ1) is 11.8. The molecule has 4 N–H and O–H groups in total. The van der Waals surface area contributed by atoms with E-state index in [1.54, 1.807) is 24.3 Å². The van der Waals surface area contributed by atoms with Gasteiger partial charge < -0.3 is 9.73 Å². The highest BCUT2D eigenvalue weighted by Gasteiger charge is 2.09. The number of rotatable bonds is 5. The van der Waals surface area contributed by atoms with Crippen molar-refractivity contribution in [3.63, 3.8) is 0 Å². The van der Waals surface area contributed by atoms with E-state index in [9.17, 15) is 18.0 Å². The van der Waals surface area contributed by atoms with Gasteiger partial charge in [-0.3, -0.25) is 9.78 Å². The fourth-order valence-electron chi connectivity index (χ4n) is 2.36. The molecule has 8 nitrogen and oxygen atoms in total. The molecule has 2 aromatic carbocycles. The second-order valence-corrected chi connectivity index (χ2v) is 6.98. The van der Waals surface area contributed by atoms with E-state index in [1.807, 2.05) is 0 Å². The molecule has 0 saturated carbocycles. The second kappa shape index (κ2) is 6.54. The molecule has 0 aliphatic carbocycles. The van der Waals surface area contributed by atoms with Crippen LogP contribution in [-0.4, -0.2) is 25.9 Å². The van der Waals surface area contributed by atoms with Crippen molar-refractivity contribution in [1.82, 2.24) is 10.3 Å². The summed E-state index contributed by atoms with van der Waals surface area (Å²) < 4.78 is 27.3. The van der Waals surface area contributed by atoms with Gasteiger partial charge in [0.15, 0.2) is 5.58 Å². The van der Waals surface area contributed by atoms with Gasteiger partial charge in [-0.25, -0.2) is 18.4 Å². The van der Waals surface area contributed by atoms with Crippen molar-refractivity contribution in [3.8, 4) is 0 Å². The van der Waals surface area contributed by atoms with Crippen molar-refractivity contribution in [2.75, 3.05) is 6.54 Å². The molecule has 0 aliphatic rings. The van der Waals surface area contributed by atoms with Crippen LogP contribution in [0.15, 0.2) is 56.6 Å². The van der Waals surface area contributed by atoms with Gasteiger partial charge in [0.1, 0.15) is 0 Å². The van der Waals surface area contributed by atoms with E-state index in [0.29, 0.717) is 29.6 Å². The van der Waals surface area contributed by atoms with Crippen molar-refractivity contribution in [3.05, 3.63) is 64.1 Å². The molecule has 0 bridgehead atoms. The third-order valence-corrected chi connectivity index (χ3v) is 4.56. The first kappa shape index (κ1) is 16.9. The number of benzene rings is 2. The molecule has 0 radical (unpaired) electrons. The fraction of sp³-hybridized carbons (Fsp3) is 0.125. The molecular formula is C16H15N3O5S. The third-order valence-electron chi connectivity index (χ3n) is 3.63. The number of amides is 1. The van der Waals surface area contributed by atoms with Crippen LogP contribution < -0.4 is 16.2 Å². The number of aromatic nitrogens is 1. The van der Waals surface area contributed by atoms with Crippen LogP contribution in [0, 0.1) is 0 Å². The zero-order chi connectivity index (χ0) is 18.0. The van der Waals surface area contributed by atoms with E-state index >= 15 is 0 Å². The van der Waals surface area contributed by atoms with Crippen LogP contribution in [-0.2, 0) is 16.4 Å². The molecule has 1 aromatic heterocycles. The number of nitrogens with two attached hydrogens (primary N) is 1. The molecule has 0 unspecified atom stereocenters. The summed E-state index contributed by atoms with van der Waals surface area (Å²) >= 11 is 0. The quantitative estimate of drug-likeness (QED) is 0.616. The van der Waals surface area contributed by atoms with Gasteiger partial charge in [-0.05, 0) is 42.3 Å². The summed E-state index contributed by atoms with van der Waals surface area (Å²) in [6, 6.07) is 10.8. The highest BCUT2D eigenvalue weighted by atomic mass is 32.2. The Hall–Kier alpha value is -2.91. The van der Waals surface area contributed by atoms with Crippen LogP contribution in [0.25, 0.3) is 11.1 Å². The lowest BCUT2D eigenvalue weighted by atomic mass is 10.1. The maximum atomic E-state index is 12.1. The minimum absolute atomic E-state index is 0.0442. The number of sulfonamides is 1. The molecular weight excluding hydrogens is 346 g/mol. The smallest absolute Gasteiger partial charge is 0.408 e. The van der Waals surface area contributed by atoms with E-state index in [1.165, 1.54) is 18.2 Å². The first-order valence-corrected chi connectivity index (χ1v) is 8.90. The van der Waals surface area contributed by atoms with Crippen molar-refractivity contribution in [1.29, 1.82) is 0 Å². The summed E-state index contributed by atoms with van der Waals surface area (Å²) in [6.07, 6.45) is 0.529. The Balaban J connectivity index is 1.60. The van der Waals surface area contributed by atoms with Gasteiger partial charge in [-0.1, -0.05) is 12.1 Å². The largest absolute Gasteiger partial charge is 0.417 e. The van der Waals surface area contributed by atoms with E-state index in [0.717, 1.165) is 5.56 Å². The zero-order valence-electron chi connectivity index (χ0n) is 13.0. The maximum absolute atomic E-state index is 12.1. The van der Waals surface area contributed by atoms with Gasteiger partial charge in [-0.15, -0.1) is 0 Å². The monoisotopic (exact) mass is 361 g/mol. The van der Waals surface area contributed by atoms with Gasteiger partial charge >= 0.3 is 5.76 Å². The lowest BCUT2D eigenvalue weighted by Crippen LogP contribution is -2.25. The lowest BCUT2D eigenvalue weighted by molar-refractivity contribution is 0.0954. The average molecular weight is 361 g/mol. The number of H-pyrrole nitrogens is 1. The highest BCUT2D eigenvalue weighted by Crippen LogP contribution is 2.12. The maximum Gasteiger partial charge on any atom is 0.417 e. The summed E-state index contributed by atoms with van der Waals surface area (Å²) in [5.74, 6) is -0.861. The van der Waals surface area contributed by atoms with Gasteiger partial charge in [0.25, 0.3) is 5.91 Å². The molecule has 0 fully saturated rings. The van der Waals surface area contributed by atoms with E-state index in [4.69, 9.17) is 9.56 Å². The fourth-order valence-corrected chi connectivity index (χ4v) is 2.88. The molecule has 9 heteroatoms. The summed E-state index contributed by atoms with van der Waals surface area (Å²) in [5, 5.41) is 7.80. The predicted molar refractivity (Wildman–Crippen MR) is 90.7 cm³/mol. The van der Waals surface area contributed by atoms with Gasteiger partial charge in [-0.2, -0.15) is 0 Å². The van der Waals surface area contributed by atoms with Crippen LogP contribution in [0.3, 0.4) is 0 Å². The number of carbonyl (C=O) groups excluding carboxylic acids is 1. The zero-order valence-corrected chi connectivity index (χ0v) is 13.8. The number of nitrogens with one attached hydrogen (secondary N) is 2.